The van der Waals surface area contributed by atoms with Crippen molar-refractivity contribution in [1.82, 2.24) is 16.0 Å². The number of hydrogen-bond acceptors (Lipinski definition) is 4. The summed E-state index contributed by atoms with van der Waals surface area (Å²) in [5.74, 6) is -1.44. The van der Waals surface area contributed by atoms with Gasteiger partial charge in [-0.25, -0.2) is 0 Å². The highest BCUT2D eigenvalue weighted by molar-refractivity contribution is 5.87. The number of carbonyl (C=O) groups excluding carboxylic acids is 2. The minimum Gasteiger partial charge on any atom is -0.481 e. The lowest BCUT2D eigenvalue weighted by molar-refractivity contribution is -0.141. The maximum Gasteiger partial charge on any atom is 0.306 e. The molecule has 1 saturated carbocycles. The number of rotatable bonds is 3. The van der Waals surface area contributed by atoms with E-state index in [0.717, 1.165) is 0 Å². The van der Waals surface area contributed by atoms with Gasteiger partial charge < -0.3 is 15.7 Å². The zero-order valence-electron chi connectivity index (χ0n) is 9.94. The van der Waals surface area contributed by atoms with Crippen molar-refractivity contribution < 1.29 is 19.5 Å². The quantitative estimate of drug-likeness (QED) is 0.488. The van der Waals surface area contributed by atoms with E-state index in [1.165, 1.54) is 0 Å². The van der Waals surface area contributed by atoms with Gasteiger partial charge >= 0.3 is 5.97 Å². The Morgan fingerprint density at radius 3 is 2.67 bits per heavy atom. The largest absolute Gasteiger partial charge is 0.481 e. The number of piperazine rings is 1. The highest BCUT2D eigenvalue weighted by Crippen LogP contribution is 2.25. The number of carbonyl (C=O) groups is 3. The highest BCUT2D eigenvalue weighted by Gasteiger charge is 2.32. The van der Waals surface area contributed by atoms with Crippen molar-refractivity contribution in [3.05, 3.63) is 0 Å². The fraction of sp³-hybridized carbons (Fsp3) is 0.727. The summed E-state index contributed by atoms with van der Waals surface area (Å²) in [5, 5.41) is 17.1. The van der Waals surface area contributed by atoms with Gasteiger partial charge in [-0.05, 0) is 19.3 Å². The SMILES string of the molecule is O=C1CNC(C(=O)NC2CCC(C(=O)O)C2)CN1. The predicted octanol–water partition coefficient (Wildman–Crippen LogP) is -1.56. The molecule has 0 aromatic heterocycles. The molecule has 7 heteroatoms. The number of carboxylic acid groups (broad SMARTS) is 1. The number of aliphatic carboxylic acids is 1. The van der Waals surface area contributed by atoms with Crippen molar-refractivity contribution in [1.29, 1.82) is 0 Å². The molecule has 0 radical (unpaired) electrons. The van der Waals surface area contributed by atoms with Gasteiger partial charge in [0.2, 0.25) is 11.8 Å². The first-order valence-corrected chi connectivity index (χ1v) is 6.09. The summed E-state index contributed by atoms with van der Waals surface area (Å²) in [6, 6.07) is -0.496. The summed E-state index contributed by atoms with van der Waals surface area (Å²) in [4.78, 5) is 33.6. The molecule has 1 aliphatic heterocycles. The number of amides is 2. The molecule has 2 rings (SSSR count). The standard InChI is InChI=1S/C11H17N3O4/c15-9-5-12-8(4-13-9)10(16)14-7-2-1-6(3-7)11(17)18/h6-8,12H,1-5H2,(H,13,15)(H,14,16)(H,17,18). The van der Waals surface area contributed by atoms with Crippen LogP contribution in [-0.2, 0) is 14.4 Å². The van der Waals surface area contributed by atoms with E-state index in [9.17, 15) is 14.4 Å². The Morgan fingerprint density at radius 2 is 2.11 bits per heavy atom. The number of carboxylic acids is 1. The Labute approximate surface area is 104 Å². The summed E-state index contributed by atoms with van der Waals surface area (Å²) in [6.45, 7) is 0.417. The Balaban J connectivity index is 1.78. The van der Waals surface area contributed by atoms with Gasteiger partial charge in [-0.15, -0.1) is 0 Å². The van der Waals surface area contributed by atoms with E-state index in [-0.39, 0.29) is 36.9 Å². The third-order valence-corrected chi connectivity index (χ3v) is 3.46. The molecule has 2 fully saturated rings. The average molecular weight is 255 g/mol. The summed E-state index contributed by atoms with van der Waals surface area (Å²) in [7, 11) is 0. The van der Waals surface area contributed by atoms with Crippen LogP contribution < -0.4 is 16.0 Å². The van der Waals surface area contributed by atoms with Crippen LogP contribution in [0.5, 0.6) is 0 Å². The zero-order valence-corrected chi connectivity index (χ0v) is 9.94. The Kier molecular flexibility index (Phi) is 3.81. The van der Waals surface area contributed by atoms with Crippen molar-refractivity contribution in [3.63, 3.8) is 0 Å². The minimum absolute atomic E-state index is 0.0713. The Morgan fingerprint density at radius 1 is 1.33 bits per heavy atom. The third-order valence-electron chi connectivity index (χ3n) is 3.46. The molecule has 0 bridgehead atoms. The normalized spacial score (nSPS) is 31.8. The van der Waals surface area contributed by atoms with Gasteiger partial charge in [0, 0.05) is 12.6 Å². The van der Waals surface area contributed by atoms with Crippen LogP contribution in [0.3, 0.4) is 0 Å². The van der Waals surface area contributed by atoms with Crippen LogP contribution in [0.25, 0.3) is 0 Å². The third kappa shape index (κ3) is 2.98. The summed E-state index contributed by atoms with van der Waals surface area (Å²) in [5.41, 5.74) is 0. The number of hydrogen-bond donors (Lipinski definition) is 4. The van der Waals surface area contributed by atoms with Crippen LogP contribution in [-0.4, -0.2) is 48.1 Å². The smallest absolute Gasteiger partial charge is 0.306 e. The van der Waals surface area contributed by atoms with Gasteiger partial charge in [-0.2, -0.15) is 0 Å². The summed E-state index contributed by atoms with van der Waals surface area (Å²) in [6.07, 6.45) is 1.79. The van der Waals surface area contributed by atoms with Gasteiger partial charge in [0.15, 0.2) is 0 Å². The molecule has 1 aliphatic carbocycles. The van der Waals surface area contributed by atoms with Gasteiger partial charge in [0.1, 0.15) is 6.04 Å². The molecular weight excluding hydrogens is 238 g/mol. The van der Waals surface area contributed by atoms with Crippen molar-refractivity contribution in [2.45, 2.75) is 31.3 Å². The monoisotopic (exact) mass is 255 g/mol. The summed E-state index contributed by atoms with van der Waals surface area (Å²) >= 11 is 0. The molecule has 0 spiro atoms. The van der Waals surface area contributed by atoms with Gasteiger partial charge in [0.25, 0.3) is 0 Å². The van der Waals surface area contributed by atoms with Crippen LogP contribution in [0, 0.1) is 5.92 Å². The van der Waals surface area contributed by atoms with Gasteiger partial charge in [-0.1, -0.05) is 0 Å². The lowest BCUT2D eigenvalue weighted by atomic mass is 10.1. The molecule has 0 aromatic carbocycles. The molecule has 4 N–H and O–H groups in total. The van der Waals surface area contributed by atoms with Crippen LogP contribution >= 0.6 is 0 Å². The number of nitrogens with one attached hydrogen (secondary N) is 3. The van der Waals surface area contributed by atoms with Crippen LogP contribution in [0.1, 0.15) is 19.3 Å². The molecule has 18 heavy (non-hydrogen) atoms. The van der Waals surface area contributed by atoms with E-state index >= 15 is 0 Å². The first-order chi connectivity index (χ1) is 8.56. The molecule has 3 unspecified atom stereocenters. The zero-order chi connectivity index (χ0) is 13.1. The molecule has 1 saturated heterocycles. The Hall–Kier alpha value is -1.63. The molecule has 2 amide bonds. The minimum atomic E-state index is -0.796. The molecule has 1 heterocycles. The molecule has 0 aromatic rings. The van der Waals surface area contributed by atoms with E-state index in [4.69, 9.17) is 5.11 Å². The van der Waals surface area contributed by atoms with E-state index in [1.807, 2.05) is 0 Å². The molecule has 3 atom stereocenters. The van der Waals surface area contributed by atoms with E-state index in [0.29, 0.717) is 19.3 Å². The molecule has 100 valence electrons. The lowest BCUT2D eigenvalue weighted by Crippen LogP contribution is -2.58. The van der Waals surface area contributed by atoms with Crippen molar-refractivity contribution in [2.75, 3.05) is 13.1 Å². The second-order valence-corrected chi connectivity index (χ2v) is 4.79. The fourth-order valence-electron chi connectivity index (χ4n) is 2.39. The molecule has 7 nitrogen and oxygen atoms in total. The van der Waals surface area contributed by atoms with Crippen LogP contribution in [0.15, 0.2) is 0 Å². The second-order valence-electron chi connectivity index (χ2n) is 4.79. The summed E-state index contributed by atoms with van der Waals surface area (Å²) < 4.78 is 0. The molecular formula is C11H17N3O4. The van der Waals surface area contributed by atoms with Gasteiger partial charge in [-0.3, -0.25) is 19.7 Å². The lowest BCUT2D eigenvalue weighted by Gasteiger charge is -2.24. The van der Waals surface area contributed by atoms with Crippen LogP contribution in [0.2, 0.25) is 0 Å². The first kappa shape index (κ1) is 12.8. The van der Waals surface area contributed by atoms with E-state index in [1.54, 1.807) is 0 Å². The Bertz CT molecular complexity index is 361. The first-order valence-electron chi connectivity index (χ1n) is 6.09. The van der Waals surface area contributed by atoms with Crippen molar-refractivity contribution in [3.8, 4) is 0 Å². The average Bonchev–Trinajstić information content (AvgIpc) is 2.78. The maximum absolute atomic E-state index is 11.9. The van der Waals surface area contributed by atoms with E-state index in [2.05, 4.69) is 16.0 Å². The predicted molar refractivity (Wildman–Crippen MR) is 61.7 cm³/mol. The highest BCUT2D eigenvalue weighted by atomic mass is 16.4. The van der Waals surface area contributed by atoms with Gasteiger partial charge in [0.05, 0.1) is 12.5 Å². The van der Waals surface area contributed by atoms with E-state index < -0.39 is 12.0 Å². The van der Waals surface area contributed by atoms with Crippen LogP contribution in [0.4, 0.5) is 0 Å². The molecule has 2 aliphatic rings. The fourth-order valence-corrected chi connectivity index (χ4v) is 2.39. The maximum atomic E-state index is 11.9. The van der Waals surface area contributed by atoms with Crippen molar-refractivity contribution in [2.24, 2.45) is 5.92 Å². The topological polar surface area (TPSA) is 108 Å². The second kappa shape index (κ2) is 5.34. The van der Waals surface area contributed by atoms with Crippen molar-refractivity contribution >= 4 is 17.8 Å².